The first kappa shape index (κ1) is 14.8. The highest BCUT2D eigenvalue weighted by atomic mass is 16.3. The van der Waals surface area contributed by atoms with Gasteiger partial charge in [-0.15, -0.1) is 5.10 Å². The summed E-state index contributed by atoms with van der Waals surface area (Å²) in [6, 6.07) is 0. The molecule has 0 saturated carbocycles. The third kappa shape index (κ3) is 4.22. The number of hydrogen-bond donors (Lipinski definition) is 2. The van der Waals surface area contributed by atoms with E-state index in [9.17, 15) is 0 Å². The van der Waals surface area contributed by atoms with Gasteiger partial charge in [-0.3, -0.25) is 0 Å². The third-order valence-electron chi connectivity index (χ3n) is 3.17. The lowest BCUT2D eigenvalue weighted by Gasteiger charge is -2.14. The van der Waals surface area contributed by atoms with Crippen LogP contribution in [0.2, 0.25) is 0 Å². The first-order valence-corrected chi connectivity index (χ1v) is 6.82. The highest BCUT2D eigenvalue weighted by Crippen LogP contribution is 2.10. The number of aromatic nitrogens is 3. The molecule has 0 radical (unpaired) electrons. The van der Waals surface area contributed by atoms with Crippen LogP contribution in [0.4, 0.5) is 5.95 Å². The summed E-state index contributed by atoms with van der Waals surface area (Å²) < 4.78 is 0. The molecule has 0 aromatic carbocycles. The van der Waals surface area contributed by atoms with Gasteiger partial charge in [-0.25, -0.2) is 4.98 Å². The normalized spacial score (nSPS) is 12.4. The molecule has 0 spiro atoms. The van der Waals surface area contributed by atoms with Crippen LogP contribution in [-0.4, -0.2) is 33.4 Å². The van der Waals surface area contributed by atoms with Gasteiger partial charge in [0.15, 0.2) is 0 Å². The summed E-state index contributed by atoms with van der Waals surface area (Å²) >= 11 is 0. The molecule has 1 aromatic heterocycles. The van der Waals surface area contributed by atoms with E-state index < -0.39 is 0 Å². The third-order valence-corrected chi connectivity index (χ3v) is 3.17. The Morgan fingerprint density at radius 2 is 1.83 bits per heavy atom. The molecule has 102 valence electrons. The lowest BCUT2D eigenvalue weighted by atomic mass is 10.0. The van der Waals surface area contributed by atoms with E-state index >= 15 is 0 Å². The fraction of sp³-hybridized carbons (Fsp3) is 0.769. The molecule has 2 N–H and O–H groups in total. The molecule has 0 amide bonds. The van der Waals surface area contributed by atoms with Gasteiger partial charge < -0.3 is 10.4 Å². The smallest absolute Gasteiger partial charge is 0.242 e. The standard InChI is InChI=1S/C13H24N4O/c1-4-10(7-8-18)9-14-13-15-11(5-2)12(6-3)16-17-13/h10,18H,4-9H2,1-3H3,(H,14,15,17). The zero-order valence-electron chi connectivity index (χ0n) is 11.6. The summed E-state index contributed by atoms with van der Waals surface area (Å²) in [6.45, 7) is 7.28. The Bertz CT molecular complexity index is 357. The molecule has 0 aliphatic heterocycles. The van der Waals surface area contributed by atoms with Crippen molar-refractivity contribution in [1.82, 2.24) is 15.2 Å². The zero-order chi connectivity index (χ0) is 13.4. The van der Waals surface area contributed by atoms with Crippen molar-refractivity contribution in [1.29, 1.82) is 0 Å². The molecule has 1 atom stereocenters. The lowest BCUT2D eigenvalue weighted by molar-refractivity contribution is 0.258. The number of rotatable bonds is 8. The quantitative estimate of drug-likeness (QED) is 0.738. The largest absolute Gasteiger partial charge is 0.396 e. The minimum Gasteiger partial charge on any atom is -0.396 e. The van der Waals surface area contributed by atoms with Gasteiger partial charge in [0.25, 0.3) is 0 Å². The molecule has 0 saturated heterocycles. The molecule has 0 aliphatic rings. The van der Waals surface area contributed by atoms with Gasteiger partial charge in [0.2, 0.25) is 5.95 Å². The van der Waals surface area contributed by atoms with Crippen molar-refractivity contribution >= 4 is 5.95 Å². The Labute approximate surface area is 109 Å². The maximum absolute atomic E-state index is 8.94. The maximum atomic E-state index is 8.94. The summed E-state index contributed by atoms with van der Waals surface area (Å²) in [4.78, 5) is 4.48. The number of hydrogen-bond acceptors (Lipinski definition) is 5. The molecule has 0 aliphatic carbocycles. The van der Waals surface area contributed by atoms with Gasteiger partial charge in [-0.1, -0.05) is 27.2 Å². The SMILES string of the molecule is CCc1nnc(NCC(CC)CCO)nc1CC. The van der Waals surface area contributed by atoms with Crippen molar-refractivity contribution in [2.24, 2.45) is 5.92 Å². The highest BCUT2D eigenvalue weighted by Gasteiger charge is 2.09. The molecule has 1 rings (SSSR count). The Kier molecular flexibility index (Phi) is 6.57. The topological polar surface area (TPSA) is 70.9 Å². The van der Waals surface area contributed by atoms with Crippen LogP contribution in [0.5, 0.6) is 0 Å². The van der Waals surface area contributed by atoms with Gasteiger partial charge in [0, 0.05) is 13.2 Å². The number of nitrogens with zero attached hydrogens (tertiary/aromatic N) is 3. The Balaban J connectivity index is 2.61. The van der Waals surface area contributed by atoms with Crippen LogP contribution >= 0.6 is 0 Å². The van der Waals surface area contributed by atoms with Crippen molar-refractivity contribution in [3.05, 3.63) is 11.4 Å². The van der Waals surface area contributed by atoms with E-state index in [2.05, 4.69) is 41.3 Å². The van der Waals surface area contributed by atoms with E-state index in [1.807, 2.05) is 0 Å². The Morgan fingerprint density at radius 1 is 1.11 bits per heavy atom. The van der Waals surface area contributed by atoms with Crippen molar-refractivity contribution < 1.29 is 5.11 Å². The lowest BCUT2D eigenvalue weighted by Crippen LogP contribution is -2.17. The average molecular weight is 252 g/mol. The van der Waals surface area contributed by atoms with E-state index in [4.69, 9.17) is 5.11 Å². The van der Waals surface area contributed by atoms with Crippen molar-refractivity contribution in [2.75, 3.05) is 18.5 Å². The van der Waals surface area contributed by atoms with Crippen LogP contribution in [0.25, 0.3) is 0 Å². The van der Waals surface area contributed by atoms with Crippen molar-refractivity contribution in [3.63, 3.8) is 0 Å². The monoisotopic (exact) mass is 252 g/mol. The Hall–Kier alpha value is -1.23. The van der Waals surface area contributed by atoms with Crippen LogP contribution in [0.15, 0.2) is 0 Å². The van der Waals surface area contributed by atoms with Gasteiger partial charge in [-0.05, 0) is 25.2 Å². The predicted molar refractivity (Wildman–Crippen MR) is 72.6 cm³/mol. The first-order valence-electron chi connectivity index (χ1n) is 6.82. The number of nitrogens with one attached hydrogen (secondary N) is 1. The van der Waals surface area contributed by atoms with E-state index in [0.717, 1.165) is 43.6 Å². The summed E-state index contributed by atoms with van der Waals surface area (Å²) in [6.07, 6.45) is 3.59. The number of aliphatic hydroxyl groups excluding tert-OH is 1. The summed E-state index contributed by atoms with van der Waals surface area (Å²) in [5, 5.41) is 20.4. The van der Waals surface area contributed by atoms with Gasteiger partial charge >= 0.3 is 0 Å². The molecular formula is C13H24N4O. The van der Waals surface area contributed by atoms with E-state index in [-0.39, 0.29) is 6.61 Å². The van der Waals surface area contributed by atoms with E-state index in [0.29, 0.717) is 11.9 Å². The highest BCUT2D eigenvalue weighted by molar-refractivity contribution is 5.25. The molecule has 1 heterocycles. The van der Waals surface area contributed by atoms with Crippen molar-refractivity contribution in [3.8, 4) is 0 Å². The fourth-order valence-electron chi connectivity index (χ4n) is 1.88. The fourth-order valence-corrected chi connectivity index (χ4v) is 1.88. The van der Waals surface area contributed by atoms with Crippen LogP contribution in [0, 0.1) is 5.92 Å². The second-order valence-electron chi connectivity index (χ2n) is 4.40. The molecule has 1 unspecified atom stereocenters. The number of anilines is 1. The Morgan fingerprint density at radius 3 is 2.39 bits per heavy atom. The molecule has 18 heavy (non-hydrogen) atoms. The summed E-state index contributed by atoms with van der Waals surface area (Å²) in [5.41, 5.74) is 2.00. The van der Waals surface area contributed by atoms with E-state index in [1.54, 1.807) is 0 Å². The van der Waals surface area contributed by atoms with Gasteiger partial charge in [-0.2, -0.15) is 5.10 Å². The molecule has 5 heteroatoms. The van der Waals surface area contributed by atoms with E-state index in [1.165, 1.54) is 0 Å². The van der Waals surface area contributed by atoms with Gasteiger partial charge in [0.05, 0.1) is 11.4 Å². The number of aryl methyl sites for hydroxylation is 2. The minimum atomic E-state index is 0.230. The van der Waals surface area contributed by atoms with Crippen LogP contribution < -0.4 is 5.32 Å². The molecule has 5 nitrogen and oxygen atoms in total. The molecule has 0 bridgehead atoms. The van der Waals surface area contributed by atoms with Crippen molar-refractivity contribution in [2.45, 2.75) is 46.5 Å². The van der Waals surface area contributed by atoms with Crippen LogP contribution in [0.3, 0.4) is 0 Å². The maximum Gasteiger partial charge on any atom is 0.242 e. The molecule has 1 aromatic rings. The predicted octanol–water partition coefficient (Wildman–Crippen LogP) is 1.82. The second-order valence-corrected chi connectivity index (χ2v) is 4.40. The summed E-state index contributed by atoms with van der Waals surface area (Å²) in [7, 11) is 0. The minimum absolute atomic E-state index is 0.230. The van der Waals surface area contributed by atoms with Crippen LogP contribution in [0.1, 0.15) is 45.0 Å². The van der Waals surface area contributed by atoms with Gasteiger partial charge in [0.1, 0.15) is 0 Å². The van der Waals surface area contributed by atoms with Crippen LogP contribution in [-0.2, 0) is 12.8 Å². The first-order chi connectivity index (χ1) is 8.74. The average Bonchev–Trinajstić information content (AvgIpc) is 2.42. The summed E-state index contributed by atoms with van der Waals surface area (Å²) in [5.74, 6) is 1.05. The molecular weight excluding hydrogens is 228 g/mol. The second kappa shape index (κ2) is 7.97. The zero-order valence-corrected chi connectivity index (χ0v) is 11.6. The number of aliphatic hydroxyl groups is 1. The molecule has 0 fully saturated rings.